The van der Waals surface area contributed by atoms with Crippen molar-refractivity contribution in [1.82, 2.24) is 0 Å². The molecule has 2 aliphatic rings. The second kappa shape index (κ2) is 7.17. The molecule has 1 heterocycles. The number of Topliss-reactive ketones (excluding diaryl/α,β-unsaturated/α-hetero) is 1. The van der Waals surface area contributed by atoms with E-state index in [2.05, 4.69) is 29.2 Å². The highest BCUT2D eigenvalue weighted by Gasteiger charge is 2.38. The first kappa shape index (κ1) is 19.4. The van der Waals surface area contributed by atoms with E-state index in [1.165, 1.54) is 12.1 Å². The van der Waals surface area contributed by atoms with Crippen LogP contribution in [0.2, 0.25) is 0 Å². The van der Waals surface area contributed by atoms with Gasteiger partial charge in [-0.1, -0.05) is 32.0 Å². The summed E-state index contributed by atoms with van der Waals surface area (Å²) in [5, 5.41) is 6.99. The lowest BCUT2D eigenvalue weighted by molar-refractivity contribution is -0.118. The highest BCUT2D eigenvalue weighted by atomic mass is 19.3. The Balaban J connectivity index is 1.80. The first-order valence-corrected chi connectivity index (χ1v) is 9.67. The van der Waals surface area contributed by atoms with Crippen molar-refractivity contribution in [2.24, 2.45) is 5.41 Å². The number of hydrogen-bond acceptors (Lipinski definition) is 4. The van der Waals surface area contributed by atoms with Crippen LogP contribution in [0.4, 0.5) is 20.2 Å². The molecule has 4 rings (SSSR count). The van der Waals surface area contributed by atoms with Crippen LogP contribution < -0.4 is 15.4 Å². The van der Waals surface area contributed by atoms with Crippen LogP contribution in [0.5, 0.6) is 5.75 Å². The number of rotatable bonds is 3. The summed E-state index contributed by atoms with van der Waals surface area (Å²) in [5.74, 6) is 0.190. The van der Waals surface area contributed by atoms with Crippen LogP contribution in [-0.2, 0) is 4.79 Å². The fourth-order valence-corrected chi connectivity index (χ4v) is 4.15. The predicted molar refractivity (Wildman–Crippen MR) is 109 cm³/mol. The third-order valence-corrected chi connectivity index (χ3v) is 5.41. The molecule has 1 aliphatic heterocycles. The topological polar surface area (TPSA) is 50.4 Å². The lowest BCUT2D eigenvalue weighted by Crippen LogP contribution is -2.31. The summed E-state index contributed by atoms with van der Waals surface area (Å²) in [7, 11) is 0. The normalized spacial score (nSPS) is 20.3. The number of fused-ring (bicyclic) bond motifs is 1. The summed E-state index contributed by atoms with van der Waals surface area (Å²) >= 11 is 0. The molecule has 0 amide bonds. The first-order valence-electron chi connectivity index (χ1n) is 9.67. The molecule has 4 nitrogen and oxygen atoms in total. The number of benzene rings is 2. The van der Waals surface area contributed by atoms with Gasteiger partial charge in [0, 0.05) is 17.7 Å². The summed E-state index contributed by atoms with van der Waals surface area (Å²) in [5.41, 5.74) is 5.25. The van der Waals surface area contributed by atoms with Gasteiger partial charge in [0.15, 0.2) is 5.78 Å². The fourth-order valence-electron chi connectivity index (χ4n) is 4.15. The number of ether oxygens (including phenoxy) is 1. The van der Waals surface area contributed by atoms with Gasteiger partial charge in [0.2, 0.25) is 0 Å². The molecule has 2 N–H and O–H groups in total. The molecular weight excluding hydrogens is 374 g/mol. The summed E-state index contributed by atoms with van der Waals surface area (Å²) < 4.78 is 29.4. The average molecular weight is 398 g/mol. The van der Waals surface area contributed by atoms with E-state index in [0.717, 1.165) is 34.6 Å². The van der Waals surface area contributed by atoms with Crippen molar-refractivity contribution in [3.8, 4) is 5.75 Å². The van der Waals surface area contributed by atoms with Crippen molar-refractivity contribution in [1.29, 1.82) is 0 Å². The van der Waals surface area contributed by atoms with E-state index < -0.39 is 6.61 Å². The van der Waals surface area contributed by atoms with E-state index in [0.29, 0.717) is 12.0 Å². The zero-order valence-corrected chi connectivity index (χ0v) is 16.7. The third-order valence-electron chi connectivity index (χ3n) is 5.41. The van der Waals surface area contributed by atoms with E-state index in [1.807, 2.05) is 25.1 Å². The molecule has 6 heteroatoms. The van der Waals surface area contributed by atoms with Crippen molar-refractivity contribution in [3.63, 3.8) is 0 Å². The van der Waals surface area contributed by atoms with Gasteiger partial charge in [0.1, 0.15) is 5.75 Å². The molecule has 29 heavy (non-hydrogen) atoms. The highest BCUT2D eigenvalue weighted by Crippen LogP contribution is 2.45. The van der Waals surface area contributed by atoms with Crippen LogP contribution in [0.3, 0.4) is 0 Å². The Labute approximate surface area is 169 Å². The fraction of sp³-hybridized carbons (Fsp3) is 0.348. The maximum atomic E-state index is 13.1. The Hall–Kier alpha value is -2.89. The minimum Gasteiger partial charge on any atom is -0.435 e. The molecule has 0 aromatic heterocycles. The Morgan fingerprint density at radius 1 is 1.07 bits per heavy atom. The number of nitrogens with one attached hydrogen (secondary N) is 2. The van der Waals surface area contributed by atoms with E-state index in [4.69, 9.17) is 0 Å². The number of anilines is 2. The molecule has 0 fully saturated rings. The van der Waals surface area contributed by atoms with E-state index in [-0.39, 0.29) is 23.0 Å². The van der Waals surface area contributed by atoms with Gasteiger partial charge in [0.05, 0.1) is 17.4 Å². The number of halogens is 2. The van der Waals surface area contributed by atoms with Gasteiger partial charge >= 0.3 is 6.61 Å². The minimum atomic E-state index is -2.87. The van der Waals surface area contributed by atoms with Gasteiger partial charge in [-0.05, 0) is 54.2 Å². The zero-order valence-electron chi connectivity index (χ0n) is 16.7. The van der Waals surface area contributed by atoms with Crippen molar-refractivity contribution in [2.45, 2.75) is 46.3 Å². The number of aryl methyl sites for hydroxylation is 1. The second-order valence-corrected chi connectivity index (χ2v) is 8.53. The summed E-state index contributed by atoms with van der Waals surface area (Å²) in [6.45, 7) is 3.33. The third kappa shape index (κ3) is 3.97. The van der Waals surface area contributed by atoms with Crippen LogP contribution >= 0.6 is 0 Å². The number of ketones is 1. The molecule has 0 spiro atoms. The van der Waals surface area contributed by atoms with E-state index in [9.17, 15) is 13.6 Å². The lowest BCUT2D eigenvalue weighted by atomic mass is 9.73. The second-order valence-electron chi connectivity index (χ2n) is 8.53. The number of allylic oxidation sites excluding steroid dienone is 1. The Kier molecular flexibility index (Phi) is 4.81. The van der Waals surface area contributed by atoms with Crippen LogP contribution in [0.15, 0.2) is 53.7 Å². The number of carbonyl (C=O) groups is 1. The Morgan fingerprint density at radius 3 is 2.48 bits per heavy atom. The standard InChI is InChI=1S/C23H24F2N2O2/c1-13-4-9-16-17(10-13)27-21(14-5-7-15(8-6-14)29-22(24)25)20-18(26-16)11-23(2,3)12-19(20)28/h4-10,21-22,26-27H,11-12H2,1-3H3. The number of alkyl halides is 2. The Morgan fingerprint density at radius 2 is 1.79 bits per heavy atom. The maximum absolute atomic E-state index is 13.1. The molecule has 0 saturated carbocycles. The van der Waals surface area contributed by atoms with Crippen molar-refractivity contribution < 1.29 is 18.3 Å². The molecule has 2 aromatic carbocycles. The number of carbonyl (C=O) groups excluding carboxylic acids is 1. The van der Waals surface area contributed by atoms with Crippen LogP contribution in [0.1, 0.15) is 43.9 Å². The van der Waals surface area contributed by atoms with Gasteiger partial charge in [-0.15, -0.1) is 0 Å². The van der Waals surface area contributed by atoms with Gasteiger partial charge in [-0.25, -0.2) is 0 Å². The Bertz CT molecular complexity index is 981. The van der Waals surface area contributed by atoms with Gasteiger partial charge in [-0.3, -0.25) is 4.79 Å². The molecule has 2 aromatic rings. The van der Waals surface area contributed by atoms with Gasteiger partial charge in [-0.2, -0.15) is 8.78 Å². The van der Waals surface area contributed by atoms with Gasteiger partial charge < -0.3 is 15.4 Å². The largest absolute Gasteiger partial charge is 0.435 e. The number of hydrogen-bond donors (Lipinski definition) is 2. The molecule has 1 atom stereocenters. The molecule has 152 valence electrons. The summed E-state index contributed by atoms with van der Waals surface area (Å²) in [4.78, 5) is 13.1. The van der Waals surface area contributed by atoms with Gasteiger partial charge in [0.25, 0.3) is 0 Å². The quantitative estimate of drug-likeness (QED) is 0.684. The van der Waals surface area contributed by atoms with Crippen molar-refractivity contribution in [2.75, 3.05) is 10.6 Å². The van der Waals surface area contributed by atoms with Crippen LogP contribution in [-0.4, -0.2) is 12.4 Å². The van der Waals surface area contributed by atoms with Crippen LogP contribution in [0.25, 0.3) is 0 Å². The van der Waals surface area contributed by atoms with E-state index in [1.54, 1.807) is 12.1 Å². The molecule has 0 bridgehead atoms. The molecular formula is C23H24F2N2O2. The lowest BCUT2D eigenvalue weighted by Gasteiger charge is -2.34. The van der Waals surface area contributed by atoms with Crippen molar-refractivity contribution in [3.05, 3.63) is 64.9 Å². The van der Waals surface area contributed by atoms with Crippen molar-refractivity contribution >= 4 is 17.2 Å². The monoisotopic (exact) mass is 398 g/mol. The maximum Gasteiger partial charge on any atom is 0.387 e. The smallest absolute Gasteiger partial charge is 0.387 e. The van der Waals surface area contributed by atoms with Crippen LogP contribution in [0, 0.1) is 12.3 Å². The first-order chi connectivity index (χ1) is 13.7. The zero-order chi connectivity index (χ0) is 20.8. The summed E-state index contributed by atoms with van der Waals surface area (Å²) in [6.07, 6.45) is 1.22. The molecule has 0 radical (unpaired) electrons. The molecule has 1 unspecified atom stereocenters. The molecule has 0 saturated heterocycles. The average Bonchev–Trinajstić information content (AvgIpc) is 2.77. The predicted octanol–water partition coefficient (Wildman–Crippen LogP) is 5.82. The SMILES string of the molecule is Cc1ccc2c(c1)NC(c1ccc(OC(F)F)cc1)C1=C(CC(C)(C)CC1=O)N2. The highest BCUT2D eigenvalue weighted by molar-refractivity contribution is 6.01. The molecule has 1 aliphatic carbocycles. The van der Waals surface area contributed by atoms with E-state index >= 15 is 0 Å². The minimum absolute atomic E-state index is 0.0945. The summed E-state index contributed by atoms with van der Waals surface area (Å²) in [6, 6.07) is 12.2.